The topological polar surface area (TPSA) is 26.3 Å². The van der Waals surface area contributed by atoms with Crippen LogP contribution in [0.1, 0.15) is 104 Å². The van der Waals surface area contributed by atoms with E-state index >= 15 is 0 Å². The maximum absolute atomic E-state index is 12.2. The van der Waals surface area contributed by atoms with E-state index in [1.54, 1.807) is 0 Å². The number of esters is 1. The van der Waals surface area contributed by atoms with Crippen LogP contribution in [0.3, 0.4) is 0 Å². The van der Waals surface area contributed by atoms with Gasteiger partial charge in [0.25, 0.3) is 0 Å². The second kappa shape index (κ2) is 11.2. The van der Waals surface area contributed by atoms with E-state index in [-0.39, 0.29) is 11.9 Å². The van der Waals surface area contributed by atoms with Crippen molar-refractivity contribution >= 4 is 5.97 Å². The Kier molecular flexibility index (Phi) is 9.34. The van der Waals surface area contributed by atoms with Crippen molar-refractivity contribution < 1.29 is 9.53 Å². The molecule has 25 heavy (non-hydrogen) atoms. The SMILES string of the molecule is CCCCCC1CCC(C2CCC(C(=O)OCC(C)CC)CC2)CC1. The maximum Gasteiger partial charge on any atom is 0.308 e. The normalized spacial score (nSPS) is 31.5. The molecule has 2 rings (SSSR count). The molecule has 0 aliphatic heterocycles. The molecule has 146 valence electrons. The molecule has 0 saturated heterocycles. The van der Waals surface area contributed by atoms with Gasteiger partial charge in [-0.2, -0.15) is 0 Å². The number of unbranched alkanes of at least 4 members (excludes halogenated alkanes) is 2. The summed E-state index contributed by atoms with van der Waals surface area (Å²) in [5, 5.41) is 0. The van der Waals surface area contributed by atoms with Crippen LogP contribution in [0.5, 0.6) is 0 Å². The first-order chi connectivity index (χ1) is 12.1. The third-order valence-corrected chi connectivity index (χ3v) is 7.09. The number of hydrogen-bond donors (Lipinski definition) is 0. The van der Waals surface area contributed by atoms with Gasteiger partial charge in [0, 0.05) is 0 Å². The summed E-state index contributed by atoms with van der Waals surface area (Å²) in [5.41, 5.74) is 0. The zero-order valence-corrected chi connectivity index (χ0v) is 17.1. The lowest BCUT2D eigenvalue weighted by Crippen LogP contribution is -2.29. The van der Waals surface area contributed by atoms with Gasteiger partial charge in [0.1, 0.15) is 0 Å². The van der Waals surface area contributed by atoms with Crippen molar-refractivity contribution in [3.05, 3.63) is 0 Å². The first-order valence-electron chi connectivity index (χ1n) is 11.3. The molecule has 2 heteroatoms. The smallest absolute Gasteiger partial charge is 0.308 e. The summed E-state index contributed by atoms with van der Waals surface area (Å²) in [7, 11) is 0. The zero-order chi connectivity index (χ0) is 18.1. The standard InChI is InChI=1S/C23H42O2/c1-4-6-7-8-19-9-11-20(12-10-19)21-13-15-22(16-14-21)23(24)25-17-18(3)5-2/h18-22H,4-17H2,1-3H3. The predicted octanol–water partition coefficient (Wildman–Crippen LogP) is 6.77. The highest BCUT2D eigenvalue weighted by molar-refractivity contribution is 5.72. The van der Waals surface area contributed by atoms with Crippen LogP contribution in [0.25, 0.3) is 0 Å². The van der Waals surface area contributed by atoms with Gasteiger partial charge in [-0.05, 0) is 62.2 Å². The van der Waals surface area contributed by atoms with Crippen LogP contribution in [-0.4, -0.2) is 12.6 Å². The molecule has 2 fully saturated rings. The summed E-state index contributed by atoms with van der Waals surface area (Å²) in [4.78, 5) is 12.2. The van der Waals surface area contributed by atoms with E-state index in [9.17, 15) is 4.79 Å². The third-order valence-electron chi connectivity index (χ3n) is 7.09. The highest BCUT2D eigenvalue weighted by atomic mass is 16.5. The molecule has 0 N–H and O–H groups in total. The van der Waals surface area contributed by atoms with E-state index in [0.29, 0.717) is 12.5 Å². The Balaban J connectivity index is 1.63. The number of carbonyl (C=O) groups is 1. The van der Waals surface area contributed by atoms with Crippen LogP contribution in [-0.2, 0) is 9.53 Å². The summed E-state index contributed by atoms with van der Waals surface area (Å²) in [6.45, 7) is 7.22. The van der Waals surface area contributed by atoms with E-state index in [0.717, 1.165) is 37.0 Å². The van der Waals surface area contributed by atoms with Crippen molar-refractivity contribution in [1.29, 1.82) is 0 Å². The van der Waals surface area contributed by atoms with E-state index in [4.69, 9.17) is 4.74 Å². The molecule has 2 aliphatic carbocycles. The number of rotatable bonds is 9. The Bertz CT molecular complexity index is 362. The van der Waals surface area contributed by atoms with Gasteiger partial charge in [-0.15, -0.1) is 0 Å². The molecule has 0 amide bonds. The average Bonchev–Trinajstić information content (AvgIpc) is 2.66. The fourth-order valence-corrected chi connectivity index (χ4v) is 4.92. The summed E-state index contributed by atoms with van der Waals surface area (Å²) in [5.74, 6) is 3.60. The molecule has 2 aliphatic rings. The molecular formula is C23H42O2. The van der Waals surface area contributed by atoms with Gasteiger partial charge < -0.3 is 4.74 Å². The minimum Gasteiger partial charge on any atom is -0.465 e. The third kappa shape index (κ3) is 6.94. The van der Waals surface area contributed by atoms with Gasteiger partial charge in [-0.1, -0.05) is 65.7 Å². The highest BCUT2D eigenvalue weighted by Gasteiger charge is 2.33. The molecule has 0 spiro atoms. The van der Waals surface area contributed by atoms with Crippen LogP contribution >= 0.6 is 0 Å². The summed E-state index contributed by atoms with van der Waals surface area (Å²) >= 11 is 0. The quantitative estimate of drug-likeness (QED) is 0.339. The summed E-state index contributed by atoms with van der Waals surface area (Å²) in [6, 6.07) is 0. The number of carbonyl (C=O) groups excluding carboxylic acids is 1. The maximum atomic E-state index is 12.2. The zero-order valence-electron chi connectivity index (χ0n) is 17.1. The molecule has 1 unspecified atom stereocenters. The Morgan fingerprint density at radius 2 is 1.52 bits per heavy atom. The minimum atomic E-state index is 0.0818. The monoisotopic (exact) mass is 350 g/mol. The van der Waals surface area contributed by atoms with Crippen molar-refractivity contribution in [2.24, 2.45) is 29.6 Å². The van der Waals surface area contributed by atoms with Crippen molar-refractivity contribution in [3.63, 3.8) is 0 Å². The molecule has 0 radical (unpaired) electrons. The molecule has 0 heterocycles. The number of hydrogen-bond acceptors (Lipinski definition) is 2. The van der Waals surface area contributed by atoms with Gasteiger partial charge in [0.05, 0.1) is 12.5 Å². The highest BCUT2D eigenvalue weighted by Crippen LogP contribution is 2.42. The molecule has 0 aromatic carbocycles. The molecular weight excluding hydrogens is 308 g/mol. The van der Waals surface area contributed by atoms with Gasteiger partial charge in [0.2, 0.25) is 0 Å². The fraction of sp³-hybridized carbons (Fsp3) is 0.957. The van der Waals surface area contributed by atoms with Gasteiger partial charge in [-0.25, -0.2) is 0 Å². The van der Waals surface area contributed by atoms with Gasteiger partial charge >= 0.3 is 5.97 Å². The van der Waals surface area contributed by atoms with Gasteiger partial charge in [0.15, 0.2) is 0 Å². The summed E-state index contributed by atoms with van der Waals surface area (Å²) in [6.07, 6.45) is 17.2. The molecule has 2 nitrogen and oxygen atoms in total. The average molecular weight is 351 g/mol. The first kappa shape index (κ1) is 20.8. The van der Waals surface area contributed by atoms with Crippen LogP contribution in [0.2, 0.25) is 0 Å². The lowest BCUT2D eigenvalue weighted by Gasteiger charge is -2.37. The van der Waals surface area contributed by atoms with E-state index in [2.05, 4.69) is 20.8 Å². The number of ether oxygens (including phenoxy) is 1. The first-order valence-corrected chi connectivity index (χ1v) is 11.3. The second-order valence-electron chi connectivity index (χ2n) is 9.03. The largest absolute Gasteiger partial charge is 0.465 e. The second-order valence-corrected chi connectivity index (χ2v) is 9.03. The summed E-state index contributed by atoms with van der Waals surface area (Å²) < 4.78 is 5.54. The molecule has 0 aromatic heterocycles. The van der Waals surface area contributed by atoms with Crippen molar-refractivity contribution in [2.45, 2.75) is 104 Å². The van der Waals surface area contributed by atoms with E-state index in [1.165, 1.54) is 64.2 Å². The Labute approximate surface area is 156 Å². The van der Waals surface area contributed by atoms with Crippen molar-refractivity contribution in [1.82, 2.24) is 0 Å². The lowest BCUT2D eigenvalue weighted by molar-refractivity contribution is -0.151. The van der Waals surface area contributed by atoms with Crippen LogP contribution < -0.4 is 0 Å². The van der Waals surface area contributed by atoms with Crippen molar-refractivity contribution in [2.75, 3.05) is 6.61 Å². The Morgan fingerprint density at radius 3 is 2.08 bits per heavy atom. The minimum absolute atomic E-state index is 0.0818. The Morgan fingerprint density at radius 1 is 0.920 bits per heavy atom. The fourth-order valence-electron chi connectivity index (χ4n) is 4.92. The predicted molar refractivity (Wildman–Crippen MR) is 105 cm³/mol. The van der Waals surface area contributed by atoms with Gasteiger partial charge in [-0.3, -0.25) is 4.79 Å². The molecule has 0 aromatic rings. The van der Waals surface area contributed by atoms with Crippen LogP contribution in [0, 0.1) is 29.6 Å². The molecule has 1 atom stereocenters. The molecule has 2 saturated carbocycles. The molecule has 0 bridgehead atoms. The van der Waals surface area contributed by atoms with E-state index in [1.807, 2.05) is 0 Å². The Hall–Kier alpha value is -0.530. The van der Waals surface area contributed by atoms with Crippen molar-refractivity contribution in [3.8, 4) is 0 Å². The lowest BCUT2D eigenvalue weighted by atomic mass is 9.68. The van der Waals surface area contributed by atoms with E-state index < -0.39 is 0 Å². The van der Waals surface area contributed by atoms with Crippen LogP contribution in [0.4, 0.5) is 0 Å². The van der Waals surface area contributed by atoms with Crippen LogP contribution in [0.15, 0.2) is 0 Å².